The van der Waals surface area contributed by atoms with Crippen LogP contribution in [0.5, 0.6) is 0 Å². The van der Waals surface area contributed by atoms with E-state index in [1.54, 1.807) is 23.1 Å². The monoisotopic (exact) mass is 358 g/mol. The summed E-state index contributed by atoms with van der Waals surface area (Å²) in [6.45, 7) is 0.369. The summed E-state index contributed by atoms with van der Waals surface area (Å²) in [7, 11) is 0. The van der Waals surface area contributed by atoms with Crippen molar-refractivity contribution in [2.45, 2.75) is 43.8 Å². The summed E-state index contributed by atoms with van der Waals surface area (Å²) in [5.41, 5.74) is 0.725. The Morgan fingerprint density at radius 3 is 2.92 bits per heavy atom. The molecule has 0 aliphatic carbocycles. The van der Waals surface area contributed by atoms with E-state index in [0.717, 1.165) is 24.9 Å². The molecule has 2 amide bonds. The van der Waals surface area contributed by atoms with E-state index < -0.39 is 0 Å². The van der Waals surface area contributed by atoms with E-state index in [-0.39, 0.29) is 42.3 Å². The summed E-state index contributed by atoms with van der Waals surface area (Å²) in [5, 5.41) is 12.9. The second-order valence-corrected chi connectivity index (χ2v) is 7.48. The molecular weight excluding hydrogens is 340 g/mol. The molecule has 3 aliphatic heterocycles. The van der Waals surface area contributed by atoms with Crippen molar-refractivity contribution in [3.05, 3.63) is 29.3 Å². The Balaban J connectivity index is 1.41. The maximum absolute atomic E-state index is 12.6. The minimum Gasteiger partial charge on any atom is -0.351 e. The van der Waals surface area contributed by atoms with E-state index in [2.05, 4.69) is 11.5 Å². The Kier molecular flexibility index (Phi) is 4.04. The van der Waals surface area contributed by atoms with Crippen LogP contribution in [-0.4, -0.2) is 41.4 Å². The molecular formula is C18H19ClN4O2. The van der Waals surface area contributed by atoms with Crippen LogP contribution in [0.3, 0.4) is 0 Å². The number of carbonyl (C=O) groups excluding carboxylic acids is 2. The number of benzene rings is 1. The molecule has 3 fully saturated rings. The number of amides is 2. The molecule has 1 aromatic rings. The molecule has 1 unspecified atom stereocenters. The van der Waals surface area contributed by atoms with Crippen molar-refractivity contribution in [2.24, 2.45) is 5.92 Å². The van der Waals surface area contributed by atoms with Gasteiger partial charge in [-0.25, -0.2) is 0 Å². The molecule has 0 spiro atoms. The largest absolute Gasteiger partial charge is 0.351 e. The molecule has 1 aromatic carbocycles. The van der Waals surface area contributed by atoms with E-state index in [0.29, 0.717) is 11.6 Å². The fraction of sp³-hybridized carbons (Fsp3) is 0.500. The number of nitrogens with one attached hydrogen (secondary N) is 1. The number of hydrogen-bond donors (Lipinski definition) is 1. The van der Waals surface area contributed by atoms with Gasteiger partial charge in [0.25, 0.3) is 0 Å². The molecule has 1 N–H and O–H groups in total. The van der Waals surface area contributed by atoms with Crippen molar-refractivity contribution >= 4 is 29.1 Å². The van der Waals surface area contributed by atoms with Crippen LogP contribution in [0.25, 0.3) is 0 Å². The third-order valence-electron chi connectivity index (χ3n) is 5.60. The highest BCUT2D eigenvalue weighted by Gasteiger charge is 2.47. The standard InChI is InChI=1S/C18H19ClN4O2/c19-12-2-1-3-13(7-12)22-9-11(6-17(22)24)18(25)21-15-8-14-4-5-16(15)23(14)10-20/h1-3,7,11,14-16H,4-6,8-9H2,(H,21,25)/t11-,14-,15+,16?/m0/s1. The van der Waals surface area contributed by atoms with Gasteiger partial charge >= 0.3 is 0 Å². The Labute approximate surface area is 151 Å². The zero-order valence-corrected chi connectivity index (χ0v) is 14.4. The topological polar surface area (TPSA) is 76.4 Å². The van der Waals surface area contributed by atoms with Crippen LogP contribution in [0.1, 0.15) is 25.7 Å². The molecule has 0 saturated carbocycles. The van der Waals surface area contributed by atoms with Crippen LogP contribution in [0.15, 0.2) is 24.3 Å². The van der Waals surface area contributed by atoms with Crippen LogP contribution in [0.4, 0.5) is 5.69 Å². The number of anilines is 1. The van der Waals surface area contributed by atoms with Gasteiger partial charge in [0.05, 0.1) is 18.0 Å². The summed E-state index contributed by atoms with van der Waals surface area (Å²) in [5.74, 6) is -0.511. The fourth-order valence-electron chi connectivity index (χ4n) is 4.38. The second kappa shape index (κ2) is 6.23. The molecule has 3 aliphatic rings. The Morgan fingerprint density at radius 2 is 2.20 bits per heavy atom. The van der Waals surface area contributed by atoms with Crippen molar-refractivity contribution in [1.82, 2.24) is 10.2 Å². The maximum Gasteiger partial charge on any atom is 0.227 e. The van der Waals surface area contributed by atoms with Crippen molar-refractivity contribution in [3.8, 4) is 6.19 Å². The van der Waals surface area contributed by atoms with Gasteiger partial charge in [0.15, 0.2) is 6.19 Å². The summed E-state index contributed by atoms with van der Waals surface area (Å²) in [6.07, 6.45) is 5.25. The van der Waals surface area contributed by atoms with E-state index >= 15 is 0 Å². The minimum absolute atomic E-state index is 0.0150. The summed E-state index contributed by atoms with van der Waals surface area (Å²) in [4.78, 5) is 28.4. The lowest BCUT2D eigenvalue weighted by molar-refractivity contribution is -0.127. The van der Waals surface area contributed by atoms with Gasteiger partial charge in [0.1, 0.15) is 0 Å². The molecule has 3 heterocycles. The van der Waals surface area contributed by atoms with Crippen LogP contribution in [-0.2, 0) is 9.59 Å². The van der Waals surface area contributed by atoms with E-state index in [4.69, 9.17) is 11.6 Å². The van der Waals surface area contributed by atoms with Crippen LogP contribution in [0, 0.1) is 17.4 Å². The fourth-order valence-corrected chi connectivity index (χ4v) is 4.56. The maximum atomic E-state index is 12.6. The molecule has 4 rings (SSSR count). The lowest BCUT2D eigenvalue weighted by Gasteiger charge is -2.23. The molecule has 3 saturated heterocycles. The predicted octanol–water partition coefficient (Wildman–Crippen LogP) is 1.90. The highest BCUT2D eigenvalue weighted by molar-refractivity contribution is 6.31. The summed E-state index contributed by atoms with van der Waals surface area (Å²) in [6, 6.07) is 7.50. The van der Waals surface area contributed by atoms with Crippen molar-refractivity contribution < 1.29 is 9.59 Å². The Morgan fingerprint density at radius 1 is 1.36 bits per heavy atom. The van der Waals surface area contributed by atoms with E-state index in [9.17, 15) is 14.9 Å². The van der Waals surface area contributed by atoms with Gasteiger partial charge in [0.2, 0.25) is 11.8 Å². The first-order valence-electron chi connectivity index (χ1n) is 8.61. The molecule has 0 radical (unpaired) electrons. The number of carbonyl (C=O) groups is 2. The molecule has 25 heavy (non-hydrogen) atoms. The molecule has 7 heteroatoms. The van der Waals surface area contributed by atoms with Crippen LogP contribution >= 0.6 is 11.6 Å². The first kappa shape index (κ1) is 16.2. The zero-order valence-electron chi connectivity index (χ0n) is 13.7. The smallest absolute Gasteiger partial charge is 0.227 e. The number of nitrogens with zero attached hydrogens (tertiary/aromatic N) is 3. The Bertz CT molecular complexity index is 762. The third kappa shape index (κ3) is 2.83. The van der Waals surface area contributed by atoms with Gasteiger partial charge in [-0.1, -0.05) is 17.7 Å². The average Bonchev–Trinajstić information content (AvgIpc) is 3.26. The molecule has 6 nitrogen and oxygen atoms in total. The average molecular weight is 359 g/mol. The second-order valence-electron chi connectivity index (χ2n) is 7.04. The number of halogens is 1. The lowest BCUT2D eigenvalue weighted by Crippen LogP contribution is -2.46. The highest BCUT2D eigenvalue weighted by Crippen LogP contribution is 2.37. The SMILES string of the molecule is N#CN1C2CC[C@H]1C[C@H]2NC(=O)[C@H]1CC(=O)N(c2cccc(Cl)c2)C1. The van der Waals surface area contributed by atoms with E-state index in [1.165, 1.54) is 0 Å². The number of rotatable bonds is 3. The molecule has 0 aromatic heterocycles. The van der Waals surface area contributed by atoms with Crippen molar-refractivity contribution in [1.29, 1.82) is 5.26 Å². The lowest BCUT2D eigenvalue weighted by atomic mass is 9.94. The van der Waals surface area contributed by atoms with Gasteiger partial charge in [-0.05, 0) is 37.5 Å². The van der Waals surface area contributed by atoms with E-state index in [1.807, 2.05) is 11.0 Å². The molecule has 2 bridgehead atoms. The third-order valence-corrected chi connectivity index (χ3v) is 5.83. The predicted molar refractivity (Wildman–Crippen MR) is 92.7 cm³/mol. The van der Waals surface area contributed by atoms with Crippen molar-refractivity contribution in [2.75, 3.05) is 11.4 Å². The van der Waals surface area contributed by atoms with Crippen molar-refractivity contribution in [3.63, 3.8) is 0 Å². The summed E-state index contributed by atoms with van der Waals surface area (Å²) < 4.78 is 0. The number of fused-ring (bicyclic) bond motifs is 2. The normalized spacial score (nSPS) is 30.6. The molecule has 4 atom stereocenters. The number of hydrogen-bond acceptors (Lipinski definition) is 4. The zero-order chi connectivity index (χ0) is 17.6. The Hall–Kier alpha value is -2.26. The minimum atomic E-state index is -0.360. The van der Waals surface area contributed by atoms with Gasteiger partial charge in [0, 0.05) is 29.7 Å². The quantitative estimate of drug-likeness (QED) is 0.837. The molecule has 130 valence electrons. The number of nitriles is 1. The van der Waals surface area contributed by atoms with Crippen LogP contribution in [0.2, 0.25) is 5.02 Å². The first-order chi connectivity index (χ1) is 12.1. The summed E-state index contributed by atoms with van der Waals surface area (Å²) >= 11 is 6.00. The van der Waals surface area contributed by atoms with Gasteiger partial charge in [-0.3, -0.25) is 9.59 Å². The highest BCUT2D eigenvalue weighted by atomic mass is 35.5. The van der Waals surface area contributed by atoms with Gasteiger partial charge in [-0.2, -0.15) is 5.26 Å². The van der Waals surface area contributed by atoms with Crippen LogP contribution < -0.4 is 10.2 Å². The van der Waals surface area contributed by atoms with Gasteiger partial charge in [-0.15, -0.1) is 0 Å². The van der Waals surface area contributed by atoms with Gasteiger partial charge < -0.3 is 15.1 Å². The first-order valence-corrected chi connectivity index (χ1v) is 8.99.